The number of nitrogens with zero attached hydrogens (tertiary/aromatic N) is 1. The van der Waals surface area contributed by atoms with Gasteiger partial charge in [-0.1, -0.05) is 23.7 Å². The van der Waals surface area contributed by atoms with E-state index < -0.39 is 0 Å². The van der Waals surface area contributed by atoms with E-state index in [9.17, 15) is 4.79 Å². The Labute approximate surface area is 93.5 Å². The van der Waals surface area contributed by atoms with E-state index in [0.717, 1.165) is 34.3 Å². The van der Waals surface area contributed by atoms with Crippen LogP contribution in [0.5, 0.6) is 0 Å². The molecule has 0 aliphatic carbocycles. The van der Waals surface area contributed by atoms with Crippen molar-refractivity contribution in [2.75, 3.05) is 0 Å². The Hall–Kier alpha value is -1.28. The van der Waals surface area contributed by atoms with E-state index in [-0.39, 0.29) is 0 Å². The molecule has 0 fully saturated rings. The highest BCUT2D eigenvalue weighted by molar-refractivity contribution is 6.35. The largest absolute Gasteiger partial charge is 0.346 e. The summed E-state index contributed by atoms with van der Waals surface area (Å²) in [6.07, 6.45) is 3.38. The molecule has 0 spiro atoms. The lowest BCUT2D eigenvalue weighted by atomic mass is 10.1. The first-order chi connectivity index (χ1) is 7.27. The summed E-state index contributed by atoms with van der Waals surface area (Å²) in [4.78, 5) is 10.6. The molecule has 2 rings (SSSR count). The zero-order valence-electron chi connectivity index (χ0n) is 8.53. The predicted octanol–water partition coefficient (Wildman–Crippen LogP) is 3.06. The Morgan fingerprint density at radius 1 is 1.47 bits per heavy atom. The number of aromatic nitrogens is 1. The van der Waals surface area contributed by atoms with Gasteiger partial charge in [-0.3, -0.25) is 0 Å². The molecule has 0 bridgehead atoms. The van der Waals surface area contributed by atoms with Crippen LogP contribution < -0.4 is 0 Å². The molecule has 0 unspecified atom stereocenters. The van der Waals surface area contributed by atoms with E-state index >= 15 is 0 Å². The fraction of sp³-hybridized carbons (Fsp3) is 0.250. The van der Waals surface area contributed by atoms with E-state index in [1.165, 1.54) is 0 Å². The number of fused-ring (bicyclic) bond motifs is 1. The van der Waals surface area contributed by atoms with E-state index in [2.05, 4.69) is 11.5 Å². The zero-order valence-corrected chi connectivity index (χ0v) is 9.29. The molecule has 1 aromatic heterocycles. The van der Waals surface area contributed by atoms with Crippen molar-refractivity contribution in [3.05, 3.63) is 35.0 Å². The Balaban J connectivity index is 2.74. The second-order valence-corrected chi connectivity index (χ2v) is 3.85. The fourth-order valence-electron chi connectivity index (χ4n) is 1.89. The van der Waals surface area contributed by atoms with Crippen molar-refractivity contribution in [3.63, 3.8) is 0 Å². The van der Waals surface area contributed by atoms with Crippen molar-refractivity contribution in [2.24, 2.45) is 0 Å². The number of hydrogen-bond donors (Lipinski definition) is 0. The molecule has 0 aliphatic rings. The Kier molecular flexibility index (Phi) is 2.78. The molecule has 1 aromatic carbocycles. The van der Waals surface area contributed by atoms with Crippen LogP contribution in [0.3, 0.4) is 0 Å². The first kappa shape index (κ1) is 10.2. The third-order valence-electron chi connectivity index (χ3n) is 2.58. The summed E-state index contributed by atoms with van der Waals surface area (Å²) in [6, 6.07) is 5.80. The van der Waals surface area contributed by atoms with Gasteiger partial charge in [0.1, 0.15) is 6.29 Å². The molecule has 0 aliphatic heterocycles. The van der Waals surface area contributed by atoms with Gasteiger partial charge in [-0.2, -0.15) is 0 Å². The van der Waals surface area contributed by atoms with Crippen LogP contribution in [-0.2, 0) is 17.8 Å². The maximum Gasteiger partial charge on any atom is 0.124 e. The smallest absolute Gasteiger partial charge is 0.124 e. The second-order valence-electron chi connectivity index (χ2n) is 3.45. The van der Waals surface area contributed by atoms with Crippen molar-refractivity contribution in [2.45, 2.75) is 19.9 Å². The molecule has 0 atom stereocenters. The summed E-state index contributed by atoms with van der Waals surface area (Å²) in [5.74, 6) is 0. The highest BCUT2D eigenvalue weighted by Crippen LogP contribution is 2.28. The van der Waals surface area contributed by atoms with Gasteiger partial charge in [0, 0.05) is 24.5 Å². The molecule has 0 saturated carbocycles. The molecular formula is C12H12ClNO. The number of rotatable bonds is 3. The van der Waals surface area contributed by atoms with Gasteiger partial charge >= 0.3 is 0 Å². The van der Waals surface area contributed by atoms with Crippen molar-refractivity contribution < 1.29 is 4.79 Å². The normalized spacial score (nSPS) is 10.8. The van der Waals surface area contributed by atoms with Crippen molar-refractivity contribution in [1.82, 2.24) is 4.57 Å². The summed E-state index contributed by atoms with van der Waals surface area (Å²) in [6.45, 7) is 2.92. The van der Waals surface area contributed by atoms with Crippen molar-refractivity contribution >= 4 is 28.8 Å². The third kappa shape index (κ3) is 1.65. The van der Waals surface area contributed by atoms with Crippen LogP contribution in [0, 0.1) is 0 Å². The lowest BCUT2D eigenvalue weighted by Gasteiger charge is -2.01. The summed E-state index contributed by atoms with van der Waals surface area (Å²) in [5.41, 5.74) is 2.07. The van der Waals surface area contributed by atoms with Crippen LogP contribution in [0.2, 0.25) is 5.02 Å². The molecule has 2 nitrogen and oxygen atoms in total. The van der Waals surface area contributed by atoms with Gasteiger partial charge in [-0.25, -0.2) is 0 Å². The molecule has 3 heteroatoms. The van der Waals surface area contributed by atoms with Crippen LogP contribution in [0.25, 0.3) is 10.9 Å². The Morgan fingerprint density at radius 3 is 2.93 bits per heavy atom. The second kappa shape index (κ2) is 4.07. The van der Waals surface area contributed by atoms with Gasteiger partial charge in [0.15, 0.2) is 0 Å². The third-order valence-corrected chi connectivity index (χ3v) is 2.88. The monoisotopic (exact) mass is 221 g/mol. The van der Waals surface area contributed by atoms with Gasteiger partial charge in [0.05, 0.1) is 10.5 Å². The summed E-state index contributed by atoms with van der Waals surface area (Å²) in [7, 11) is 0. The SMILES string of the molecule is CCn1cc(CC=O)c2cccc(Cl)c21. The van der Waals surface area contributed by atoms with Gasteiger partial charge in [0.2, 0.25) is 0 Å². The molecular weight excluding hydrogens is 210 g/mol. The van der Waals surface area contributed by atoms with Crippen LogP contribution >= 0.6 is 11.6 Å². The minimum absolute atomic E-state index is 0.448. The number of para-hydroxylation sites is 1. The standard InChI is InChI=1S/C12H12ClNO/c1-2-14-8-9(6-7-15)10-4-3-5-11(13)12(10)14/h3-5,7-8H,2,6H2,1H3. The quantitative estimate of drug-likeness (QED) is 0.731. The Morgan fingerprint density at radius 2 is 2.27 bits per heavy atom. The number of aryl methyl sites for hydroxylation is 1. The molecule has 0 N–H and O–H groups in total. The van der Waals surface area contributed by atoms with Crippen molar-refractivity contribution in [1.29, 1.82) is 0 Å². The number of hydrogen-bond acceptors (Lipinski definition) is 1. The highest BCUT2D eigenvalue weighted by Gasteiger charge is 2.09. The fourth-order valence-corrected chi connectivity index (χ4v) is 2.17. The summed E-state index contributed by atoms with van der Waals surface area (Å²) in [5, 5.41) is 1.82. The van der Waals surface area contributed by atoms with E-state index in [1.807, 2.05) is 24.4 Å². The van der Waals surface area contributed by atoms with Gasteiger partial charge in [-0.05, 0) is 18.6 Å². The maximum absolute atomic E-state index is 10.6. The minimum Gasteiger partial charge on any atom is -0.346 e. The van der Waals surface area contributed by atoms with Crippen molar-refractivity contribution in [3.8, 4) is 0 Å². The van der Waals surface area contributed by atoms with Gasteiger partial charge in [-0.15, -0.1) is 0 Å². The van der Waals surface area contributed by atoms with Crippen LogP contribution in [-0.4, -0.2) is 10.9 Å². The van der Waals surface area contributed by atoms with E-state index in [4.69, 9.17) is 11.6 Å². The summed E-state index contributed by atoms with van der Waals surface area (Å²) >= 11 is 6.15. The van der Waals surface area contributed by atoms with E-state index in [1.54, 1.807) is 0 Å². The zero-order chi connectivity index (χ0) is 10.8. The average molecular weight is 222 g/mol. The number of aldehydes is 1. The number of carbonyl (C=O) groups is 1. The van der Waals surface area contributed by atoms with Gasteiger partial charge in [0.25, 0.3) is 0 Å². The van der Waals surface area contributed by atoms with Gasteiger partial charge < -0.3 is 9.36 Å². The minimum atomic E-state index is 0.448. The first-order valence-electron chi connectivity index (χ1n) is 4.97. The Bertz CT molecular complexity index is 502. The number of benzene rings is 1. The molecule has 2 aromatic rings. The molecule has 0 radical (unpaired) electrons. The molecule has 78 valence electrons. The predicted molar refractivity (Wildman–Crippen MR) is 62.4 cm³/mol. The van der Waals surface area contributed by atoms with Crippen LogP contribution in [0.1, 0.15) is 12.5 Å². The average Bonchev–Trinajstić information content (AvgIpc) is 2.59. The maximum atomic E-state index is 10.6. The van der Waals surface area contributed by atoms with Crippen LogP contribution in [0.4, 0.5) is 0 Å². The summed E-state index contributed by atoms with van der Waals surface area (Å²) < 4.78 is 2.08. The van der Waals surface area contributed by atoms with E-state index in [0.29, 0.717) is 6.42 Å². The number of carbonyl (C=O) groups excluding carboxylic acids is 1. The first-order valence-corrected chi connectivity index (χ1v) is 5.35. The lowest BCUT2D eigenvalue weighted by molar-refractivity contribution is -0.107. The molecule has 0 amide bonds. The topological polar surface area (TPSA) is 22.0 Å². The highest BCUT2D eigenvalue weighted by atomic mass is 35.5. The lowest BCUT2D eigenvalue weighted by Crippen LogP contribution is -1.91. The number of halogens is 1. The molecule has 1 heterocycles. The molecule has 0 saturated heterocycles. The molecule has 15 heavy (non-hydrogen) atoms. The van der Waals surface area contributed by atoms with Crippen LogP contribution in [0.15, 0.2) is 24.4 Å².